The molecule has 0 aromatic rings. The molecule has 1 N–H and O–H groups in total. The van der Waals surface area contributed by atoms with E-state index in [1.165, 1.54) is 6.42 Å². The second-order valence-corrected chi connectivity index (χ2v) is 1.10. The van der Waals surface area contributed by atoms with Crippen LogP contribution in [0.4, 0.5) is 0 Å². The quantitative estimate of drug-likeness (QED) is 0.506. The van der Waals surface area contributed by atoms with Crippen LogP contribution in [0, 0.1) is 12.8 Å². The molecule has 0 saturated heterocycles. The van der Waals surface area contributed by atoms with Gasteiger partial charge in [-0.25, -0.2) is 0 Å². The molecular weight excluding hydrogens is 86.1 g/mol. The Morgan fingerprint density at radius 2 is 1.86 bits per heavy atom. The summed E-state index contributed by atoms with van der Waals surface area (Å²) in [4.78, 5) is 0. The Bertz CT molecular complexity index is 28.4. The normalized spacial score (nSPS) is 6.29. The summed E-state index contributed by atoms with van der Waals surface area (Å²) in [5.74, 6) is 0. The van der Waals surface area contributed by atoms with E-state index in [4.69, 9.17) is 0 Å². The standard InChI is InChI=1S/C4H11N.C2H2/c1-3-4-5-2;1-2/h5H,3-4H2,1-2H3;1-2H. The van der Waals surface area contributed by atoms with E-state index in [9.17, 15) is 0 Å². The van der Waals surface area contributed by atoms with Gasteiger partial charge in [0.25, 0.3) is 0 Å². The van der Waals surface area contributed by atoms with Crippen LogP contribution in [0.15, 0.2) is 0 Å². The molecule has 7 heavy (non-hydrogen) atoms. The lowest BCUT2D eigenvalue weighted by molar-refractivity contribution is 0.772. The monoisotopic (exact) mass is 99.1 g/mol. The van der Waals surface area contributed by atoms with Crippen LogP contribution in [-0.4, -0.2) is 13.6 Å². The van der Waals surface area contributed by atoms with Gasteiger partial charge in [0.15, 0.2) is 0 Å². The molecular formula is C6H13N. The molecule has 0 fully saturated rings. The molecule has 0 aliphatic carbocycles. The van der Waals surface area contributed by atoms with E-state index >= 15 is 0 Å². The molecule has 0 heterocycles. The number of rotatable bonds is 2. The van der Waals surface area contributed by atoms with Gasteiger partial charge in [0.1, 0.15) is 0 Å². The maximum atomic E-state index is 4.00. The van der Waals surface area contributed by atoms with E-state index in [0.717, 1.165) is 6.54 Å². The van der Waals surface area contributed by atoms with Crippen LogP contribution in [0.2, 0.25) is 0 Å². The summed E-state index contributed by atoms with van der Waals surface area (Å²) in [6.45, 7) is 3.29. The van der Waals surface area contributed by atoms with Crippen molar-refractivity contribution in [3.8, 4) is 12.8 Å². The van der Waals surface area contributed by atoms with Crippen LogP contribution in [-0.2, 0) is 0 Å². The summed E-state index contributed by atoms with van der Waals surface area (Å²) in [7, 11) is 1.96. The van der Waals surface area contributed by atoms with Crippen molar-refractivity contribution in [2.24, 2.45) is 0 Å². The van der Waals surface area contributed by atoms with Gasteiger partial charge in [-0.2, -0.15) is 0 Å². The van der Waals surface area contributed by atoms with Crippen molar-refractivity contribution < 1.29 is 0 Å². The predicted molar refractivity (Wildman–Crippen MR) is 34.1 cm³/mol. The second kappa shape index (κ2) is 17.8. The predicted octanol–water partition coefficient (Wildman–Crippen LogP) is 0.865. The van der Waals surface area contributed by atoms with Gasteiger partial charge in [0.05, 0.1) is 0 Å². The third-order valence-corrected chi connectivity index (χ3v) is 0.500. The fraction of sp³-hybridized carbons (Fsp3) is 0.667. The van der Waals surface area contributed by atoms with Crippen LogP contribution in [0.3, 0.4) is 0 Å². The Balaban J connectivity index is 0. The minimum Gasteiger partial charge on any atom is -0.320 e. The highest BCUT2D eigenvalue weighted by molar-refractivity contribution is 4.47. The number of hydrogen-bond donors (Lipinski definition) is 1. The molecule has 0 aromatic heterocycles. The molecule has 42 valence electrons. The largest absolute Gasteiger partial charge is 0.320 e. The van der Waals surface area contributed by atoms with Crippen molar-refractivity contribution in [2.45, 2.75) is 13.3 Å². The van der Waals surface area contributed by atoms with Crippen molar-refractivity contribution in [3.63, 3.8) is 0 Å². The number of terminal acetylenes is 1. The fourth-order valence-corrected chi connectivity index (χ4v) is 0.250. The summed E-state index contributed by atoms with van der Waals surface area (Å²) in [5, 5.41) is 3.02. The van der Waals surface area contributed by atoms with Gasteiger partial charge in [0.2, 0.25) is 0 Å². The molecule has 0 radical (unpaired) electrons. The Kier molecular flexibility index (Phi) is 24.7. The van der Waals surface area contributed by atoms with Gasteiger partial charge in [0, 0.05) is 0 Å². The van der Waals surface area contributed by atoms with E-state index in [1.807, 2.05) is 7.05 Å². The third kappa shape index (κ3) is 29.6. The van der Waals surface area contributed by atoms with Gasteiger partial charge in [-0.15, -0.1) is 12.8 Å². The van der Waals surface area contributed by atoms with Crippen LogP contribution in [0.1, 0.15) is 13.3 Å². The molecule has 0 spiro atoms. The van der Waals surface area contributed by atoms with Crippen LogP contribution in [0.25, 0.3) is 0 Å². The minimum absolute atomic E-state index is 1.14. The Hall–Kier alpha value is -0.480. The molecule has 0 saturated carbocycles. The summed E-state index contributed by atoms with van der Waals surface area (Å²) < 4.78 is 0. The molecule has 0 aliphatic heterocycles. The zero-order chi connectivity index (χ0) is 6.12. The lowest BCUT2D eigenvalue weighted by atomic mass is 10.5. The molecule has 0 aromatic carbocycles. The molecule has 0 unspecified atom stereocenters. The van der Waals surface area contributed by atoms with Gasteiger partial charge in [-0.05, 0) is 20.0 Å². The van der Waals surface area contributed by atoms with Crippen LogP contribution < -0.4 is 5.32 Å². The van der Waals surface area contributed by atoms with Gasteiger partial charge < -0.3 is 5.32 Å². The van der Waals surface area contributed by atoms with Gasteiger partial charge in [-0.1, -0.05) is 6.92 Å². The number of hydrogen-bond acceptors (Lipinski definition) is 1. The average Bonchev–Trinajstić information content (AvgIpc) is 1.75. The Morgan fingerprint density at radius 3 is 1.86 bits per heavy atom. The highest BCUT2D eigenvalue weighted by atomic mass is 14.8. The molecule has 0 bridgehead atoms. The number of nitrogens with one attached hydrogen (secondary N) is 1. The van der Waals surface area contributed by atoms with Crippen LogP contribution >= 0.6 is 0 Å². The highest BCUT2D eigenvalue weighted by Gasteiger charge is 1.64. The third-order valence-electron chi connectivity index (χ3n) is 0.500. The molecule has 0 atom stereocenters. The summed E-state index contributed by atoms with van der Waals surface area (Å²) in [6, 6.07) is 0. The smallest absolute Gasteiger partial charge is 0.00546 e. The van der Waals surface area contributed by atoms with E-state index in [2.05, 4.69) is 25.1 Å². The van der Waals surface area contributed by atoms with Crippen LogP contribution in [0.5, 0.6) is 0 Å². The van der Waals surface area contributed by atoms with Crippen molar-refractivity contribution in [2.75, 3.05) is 13.6 Å². The first-order chi connectivity index (χ1) is 3.41. The van der Waals surface area contributed by atoms with E-state index in [-0.39, 0.29) is 0 Å². The zero-order valence-electron chi connectivity index (χ0n) is 5.07. The van der Waals surface area contributed by atoms with Gasteiger partial charge in [-0.3, -0.25) is 0 Å². The van der Waals surface area contributed by atoms with Gasteiger partial charge >= 0.3 is 0 Å². The summed E-state index contributed by atoms with van der Waals surface area (Å²) >= 11 is 0. The van der Waals surface area contributed by atoms with Crippen molar-refractivity contribution in [1.29, 1.82) is 0 Å². The van der Waals surface area contributed by atoms with E-state index in [0.29, 0.717) is 0 Å². The second-order valence-electron chi connectivity index (χ2n) is 1.10. The fourth-order valence-electron chi connectivity index (χ4n) is 0.250. The Morgan fingerprint density at radius 1 is 1.43 bits per heavy atom. The maximum absolute atomic E-state index is 4.00. The maximum Gasteiger partial charge on any atom is -0.00546 e. The molecule has 1 nitrogen and oxygen atoms in total. The minimum atomic E-state index is 1.14. The molecule has 0 rings (SSSR count). The summed E-state index contributed by atoms with van der Waals surface area (Å²) in [6.07, 6.45) is 9.23. The molecule has 0 aliphatic rings. The lowest BCUT2D eigenvalue weighted by Gasteiger charge is -1.84. The molecule has 1 heteroatoms. The van der Waals surface area contributed by atoms with E-state index < -0.39 is 0 Å². The molecule has 0 amide bonds. The SMILES string of the molecule is C#C.CCCNC. The lowest BCUT2D eigenvalue weighted by Crippen LogP contribution is -2.04. The topological polar surface area (TPSA) is 12.0 Å². The zero-order valence-corrected chi connectivity index (χ0v) is 5.07. The van der Waals surface area contributed by atoms with E-state index in [1.54, 1.807) is 0 Å². The summed E-state index contributed by atoms with van der Waals surface area (Å²) in [5.41, 5.74) is 0. The first-order valence-corrected chi connectivity index (χ1v) is 2.39. The van der Waals surface area contributed by atoms with Crippen molar-refractivity contribution in [3.05, 3.63) is 0 Å². The first kappa shape index (κ1) is 9.72. The average molecular weight is 99.2 g/mol. The highest BCUT2D eigenvalue weighted by Crippen LogP contribution is 1.62. The van der Waals surface area contributed by atoms with Crippen molar-refractivity contribution >= 4 is 0 Å². The van der Waals surface area contributed by atoms with Crippen molar-refractivity contribution in [1.82, 2.24) is 5.32 Å². The first-order valence-electron chi connectivity index (χ1n) is 2.39. The Labute approximate surface area is 46.1 Å².